The Kier molecular flexibility index (Phi) is 1.30. The third kappa shape index (κ3) is 0.712. The second-order valence-corrected chi connectivity index (χ2v) is 13.6. The molecule has 0 saturated heterocycles. The van der Waals surface area contributed by atoms with Crippen LogP contribution in [-0.4, -0.2) is 0 Å². The average molecular weight is 351 g/mol. The Hall–Kier alpha value is -0.780. The van der Waals surface area contributed by atoms with Crippen LogP contribution in [0.5, 0.6) is 0 Å². The highest BCUT2D eigenvalue weighted by molar-refractivity contribution is 5.48. The maximum absolute atomic E-state index is 2.50. The normalized spacial score (nSPS) is 85.7. The van der Waals surface area contributed by atoms with Crippen LogP contribution in [0.25, 0.3) is 0 Å². The molecule has 0 radical (unpaired) electrons. The summed E-state index contributed by atoms with van der Waals surface area (Å²) >= 11 is 0. The molecule has 0 aliphatic heterocycles. The van der Waals surface area contributed by atoms with Crippen LogP contribution in [0.2, 0.25) is 0 Å². The SMILES string of the molecule is c1ccc(CC23C4C5C6C7C8C9C6C4C4C9C6C8C8C7C5C2C8C6C43)cc1. The van der Waals surface area contributed by atoms with E-state index in [0.717, 1.165) is 5.41 Å². The zero-order valence-corrected chi connectivity index (χ0v) is 15.6. The highest BCUT2D eigenvalue weighted by atomic mass is 15.1. The Labute approximate surface area is 160 Å². The standard InChI is InChI=1S/C27H26/c1-2-4-7(5-3-1)6-27-24-18-12-9-8-10-14(12)20(24)22-16(10)17-11(8)15-13(9)19(18)25(27)21(15)23(17)26(22)27/h1-5,8-26H,6H2. The second-order valence-electron chi connectivity index (χ2n) is 13.6. The minimum Gasteiger partial charge on any atom is -0.0622 e. The quantitative estimate of drug-likeness (QED) is 0.754. The van der Waals surface area contributed by atoms with Crippen molar-refractivity contribution in [3.8, 4) is 0 Å². The maximum atomic E-state index is 2.50. The van der Waals surface area contributed by atoms with Crippen LogP contribution >= 0.6 is 0 Å². The minimum absolute atomic E-state index is 0.805. The monoisotopic (exact) mass is 350 g/mol. The summed E-state index contributed by atoms with van der Waals surface area (Å²) in [5.74, 6) is 23.8. The fraction of sp³-hybridized carbons (Fsp3) is 0.778. The topological polar surface area (TPSA) is 0 Å². The van der Waals surface area contributed by atoms with Crippen molar-refractivity contribution >= 4 is 0 Å². The van der Waals surface area contributed by atoms with Gasteiger partial charge in [0.05, 0.1) is 0 Å². The average Bonchev–Trinajstić information content (AvgIpc) is 3.40. The molecule has 134 valence electrons. The predicted octanol–water partition coefficient (Wildman–Crippen LogP) is 4.07. The van der Waals surface area contributed by atoms with Crippen molar-refractivity contribution in [2.45, 2.75) is 6.42 Å². The number of hydrogen-bond donors (Lipinski definition) is 0. The van der Waals surface area contributed by atoms with E-state index >= 15 is 0 Å². The maximum Gasteiger partial charge on any atom is -0.0155 e. The van der Waals surface area contributed by atoms with Crippen LogP contribution in [0.3, 0.4) is 0 Å². The van der Waals surface area contributed by atoms with Gasteiger partial charge in [-0.1, -0.05) is 30.3 Å². The molecule has 1 aromatic carbocycles. The van der Waals surface area contributed by atoms with Crippen molar-refractivity contribution < 1.29 is 0 Å². The summed E-state index contributed by atoms with van der Waals surface area (Å²) in [6.07, 6.45) is 1.50. The fourth-order valence-corrected chi connectivity index (χ4v) is 17.0. The molecule has 12 fully saturated rings. The molecule has 12 atom stereocenters. The van der Waals surface area contributed by atoms with E-state index in [2.05, 4.69) is 30.3 Å². The molecule has 12 saturated carbocycles. The van der Waals surface area contributed by atoms with Gasteiger partial charge < -0.3 is 0 Å². The summed E-state index contributed by atoms with van der Waals surface area (Å²) in [5, 5.41) is 0. The second kappa shape index (κ2) is 2.92. The highest BCUT2D eigenvalue weighted by Crippen LogP contribution is 3.04. The van der Waals surface area contributed by atoms with Gasteiger partial charge in [0.1, 0.15) is 0 Å². The van der Waals surface area contributed by atoms with Crippen molar-refractivity contribution in [1.82, 2.24) is 0 Å². The molecule has 0 heterocycles. The van der Waals surface area contributed by atoms with E-state index in [9.17, 15) is 0 Å². The van der Waals surface area contributed by atoms with E-state index in [-0.39, 0.29) is 0 Å². The van der Waals surface area contributed by atoms with E-state index < -0.39 is 0 Å². The summed E-state index contributed by atoms with van der Waals surface area (Å²) < 4.78 is 0. The van der Waals surface area contributed by atoms with Gasteiger partial charge in [0.15, 0.2) is 0 Å². The van der Waals surface area contributed by atoms with E-state index in [1.807, 2.05) is 0 Å². The Balaban J connectivity index is 1.24. The summed E-state index contributed by atoms with van der Waals surface area (Å²) in [6, 6.07) is 11.9. The van der Waals surface area contributed by atoms with Gasteiger partial charge in [0.25, 0.3) is 0 Å². The highest BCUT2D eigenvalue weighted by Gasteiger charge is 3.01. The van der Waals surface area contributed by atoms with Crippen molar-refractivity contribution in [3.63, 3.8) is 0 Å². The Morgan fingerprint density at radius 3 is 1.15 bits per heavy atom. The van der Waals surface area contributed by atoms with Crippen molar-refractivity contribution in [1.29, 1.82) is 0 Å². The van der Waals surface area contributed by atoms with Gasteiger partial charge >= 0.3 is 0 Å². The molecular formula is C27H26. The number of hydrogen-bond acceptors (Lipinski definition) is 0. The molecule has 0 amide bonds. The van der Waals surface area contributed by atoms with Crippen LogP contribution in [0, 0.1) is 118 Å². The third-order valence-corrected chi connectivity index (χ3v) is 15.0. The molecule has 0 N–H and O–H groups in total. The van der Waals surface area contributed by atoms with Gasteiger partial charge in [-0.3, -0.25) is 0 Å². The molecular weight excluding hydrogens is 324 g/mol. The van der Waals surface area contributed by atoms with Crippen molar-refractivity contribution in [3.05, 3.63) is 35.9 Å². The summed E-state index contributed by atoms with van der Waals surface area (Å²) in [7, 11) is 0. The lowest BCUT2D eigenvalue weighted by molar-refractivity contribution is 0.0830. The molecule has 0 bridgehead atoms. The zero-order chi connectivity index (χ0) is 16.3. The zero-order valence-electron chi connectivity index (χ0n) is 15.6. The molecule has 12 aliphatic rings. The molecule has 0 spiro atoms. The molecule has 12 aliphatic carbocycles. The molecule has 13 rings (SSSR count). The van der Waals surface area contributed by atoms with Crippen LogP contribution in [0.4, 0.5) is 0 Å². The Morgan fingerprint density at radius 2 is 0.778 bits per heavy atom. The first-order valence-electron chi connectivity index (χ1n) is 12.5. The van der Waals surface area contributed by atoms with Gasteiger partial charge in [0, 0.05) is 0 Å². The summed E-state index contributed by atoms with van der Waals surface area (Å²) in [6.45, 7) is 0. The van der Waals surface area contributed by atoms with Gasteiger partial charge in [-0.2, -0.15) is 0 Å². The van der Waals surface area contributed by atoms with Gasteiger partial charge in [0.2, 0.25) is 0 Å². The molecule has 0 aromatic heterocycles. The van der Waals surface area contributed by atoms with Crippen molar-refractivity contribution in [2.75, 3.05) is 0 Å². The van der Waals surface area contributed by atoms with Gasteiger partial charge in [-0.05, 0) is 130 Å². The molecule has 1 aromatic rings. The lowest BCUT2D eigenvalue weighted by atomic mass is 9.64. The Bertz CT molecular complexity index is 878. The Morgan fingerprint density at radius 1 is 0.444 bits per heavy atom. The van der Waals surface area contributed by atoms with E-state index in [1.165, 1.54) is 119 Å². The lowest BCUT2D eigenvalue weighted by Crippen LogP contribution is -2.37. The van der Waals surface area contributed by atoms with Crippen LogP contribution in [0.1, 0.15) is 5.56 Å². The molecule has 27 heavy (non-hydrogen) atoms. The van der Waals surface area contributed by atoms with Gasteiger partial charge in [-0.15, -0.1) is 0 Å². The summed E-state index contributed by atoms with van der Waals surface area (Å²) in [4.78, 5) is 0. The smallest absolute Gasteiger partial charge is 0.0155 e. The first-order valence-corrected chi connectivity index (χ1v) is 12.5. The largest absolute Gasteiger partial charge is 0.0622 e. The summed E-state index contributed by atoms with van der Waals surface area (Å²) in [5.41, 5.74) is 2.52. The molecule has 12 unspecified atom stereocenters. The molecule has 0 heteroatoms. The number of benzene rings is 1. The predicted molar refractivity (Wildman–Crippen MR) is 98.9 cm³/mol. The van der Waals surface area contributed by atoms with E-state index in [1.54, 1.807) is 5.56 Å². The molecule has 0 nitrogen and oxygen atoms in total. The van der Waals surface area contributed by atoms with Crippen LogP contribution in [0.15, 0.2) is 30.3 Å². The van der Waals surface area contributed by atoms with Crippen LogP contribution < -0.4 is 0 Å². The third-order valence-electron chi connectivity index (χ3n) is 15.0. The van der Waals surface area contributed by atoms with Gasteiger partial charge in [-0.25, -0.2) is 0 Å². The number of rotatable bonds is 2. The van der Waals surface area contributed by atoms with Crippen LogP contribution in [-0.2, 0) is 6.42 Å². The van der Waals surface area contributed by atoms with E-state index in [4.69, 9.17) is 0 Å². The lowest BCUT2D eigenvalue weighted by Gasteiger charge is -2.40. The van der Waals surface area contributed by atoms with E-state index in [0.29, 0.717) is 0 Å². The first kappa shape index (κ1) is 12.0. The fourth-order valence-electron chi connectivity index (χ4n) is 17.0. The van der Waals surface area contributed by atoms with Crippen molar-refractivity contribution in [2.24, 2.45) is 118 Å². The minimum atomic E-state index is 0.805. The first-order chi connectivity index (χ1) is 13.4.